The fourth-order valence-corrected chi connectivity index (χ4v) is 3.25. The fraction of sp³-hybridized carbons (Fsp3) is 0.611. The van der Waals surface area contributed by atoms with Gasteiger partial charge in [-0.1, -0.05) is 18.2 Å². The van der Waals surface area contributed by atoms with Crippen molar-refractivity contribution in [2.75, 3.05) is 26.7 Å². The highest BCUT2D eigenvalue weighted by Gasteiger charge is 2.26. The van der Waals surface area contributed by atoms with Crippen LogP contribution >= 0.6 is 0 Å². The predicted molar refractivity (Wildman–Crippen MR) is 88.4 cm³/mol. The number of carbonyl (C=O) groups excluding carboxylic acids is 1. The van der Waals surface area contributed by atoms with Gasteiger partial charge in [0.1, 0.15) is 5.82 Å². The van der Waals surface area contributed by atoms with Gasteiger partial charge in [0.25, 0.3) is 0 Å². The molecule has 1 N–H and O–H groups in total. The van der Waals surface area contributed by atoms with Gasteiger partial charge >= 0.3 is 0 Å². The van der Waals surface area contributed by atoms with Crippen molar-refractivity contribution in [3.63, 3.8) is 0 Å². The summed E-state index contributed by atoms with van der Waals surface area (Å²) in [6.45, 7) is 1.69. The Morgan fingerprint density at radius 1 is 1.39 bits per heavy atom. The molecule has 0 bridgehead atoms. The van der Waals surface area contributed by atoms with Gasteiger partial charge in [-0.25, -0.2) is 4.39 Å². The third-order valence-electron chi connectivity index (χ3n) is 4.45. The quantitative estimate of drug-likeness (QED) is 0.838. The van der Waals surface area contributed by atoms with E-state index in [9.17, 15) is 9.18 Å². The number of piperidine rings is 1. The van der Waals surface area contributed by atoms with Crippen LogP contribution in [0.3, 0.4) is 0 Å². The number of likely N-dealkylation sites (tertiary alicyclic amines) is 1. The molecule has 0 aromatic heterocycles. The summed E-state index contributed by atoms with van der Waals surface area (Å²) in [5, 5.41) is 9.01. The molecule has 5 heteroatoms. The number of halogens is 1. The van der Waals surface area contributed by atoms with Crippen molar-refractivity contribution in [1.82, 2.24) is 9.80 Å². The summed E-state index contributed by atoms with van der Waals surface area (Å²) in [4.78, 5) is 16.4. The van der Waals surface area contributed by atoms with Gasteiger partial charge in [-0.15, -0.1) is 0 Å². The molecule has 1 fully saturated rings. The molecule has 1 amide bonds. The first-order valence-electron chi connectivity index (χ1n) is 8.44. The number of benzene rings is 1. The maximum atomic E-state index is 13.7. The van der Waals surface area contributed by atoms with E-state index in [-0.39, 0.29) is 24.4 Å². The van der Waals surface area contributed by atoms with E-state index < -0.39 is 0 Å². The minimum atomic E-state index is -0.231. The number of likely N-dealkylation sites (N-methyl/N-ethyl adjacent to an activating group) is 1. The molecule has 1 aromatic carbocycles. The van der Waals surface area contributed by atoms with Gasteiger partial charge in [0.05, 0.1) is 6.54 Å². The maximum Gasteiger partial charge on any atom is 0.236 e. The Kier molecular flexibility index (Phi) is 6.99. The number of hydrogen-bond donors (Lipinski definition) is 1. The number of hydrogen-bond acceptors (Lipinski definition) is 3. The Hall–Kier alpha value is -1.46. The van der Waals surface area contributed by atoms with E-state index in [4.69, 9.17) is 5.11 Å². The highest BCUT2D eigenvalue weighted by molar-refractivity contribution is 5.78. The van der Waals surface area contributed by atoms with Crippen LogP contribution in [0, 0.1) is 5.82 Å². The van der Waals surface area contributed by atoms with Gasteiger partial charge in [0, 0.05) is 31.3 Å². The van der Waals surface area contributed by atoms with Crippen LogP contribution in [0.25, 0.3) is 0 Å². The molecule has 128 valence electrons. The van der Waals surface area contributed by atoms with E-state index in [1.54, 1.807) is 12.1 Å². The molecule has 0 spiro atoms. The van der Waals surface area contributed by atoms with Crippen molar-refractivity contribution < 1.29 is 14.3 Å². The number of aliphatic hydroxyl groups excluding tert-OH is 1. The first-order valence-corrected chi connectivity index (χ1v) is 8.44. The molecule has 1 saturated heterocycles. The average molecular weight is 322 g/mol. The third-order valence-corrected chi connectivity index (χ3v) is 4.45. The van der Waals surface area contributed by atoms with Crippen molar-refractivity contribution in [3.8, 4) is 0 Å². The van der Waals surface area contributed by atoms with Gasteiger partial charge in [-0.05, 0) is 45.2 Å². The molecular weight excluding hydrogens is 295 g/mol. The lowest BCUT2D eigenvalue weighted by atomic mass is 9.98. The Morgan fingerprint density at radius 2 is 2.17 bits per heavy atom. The minimum Gasteiger partial charge on any atom is -0.396 e. The van der Waals surface area contributed by atoms with Crippen LogP contribution in [0.2, 0.25) is 0 Å². The maximum absolute atomic E-state index is 13.7. The first kappa shape index (κ1) is 17.9. The summed E-state index contributed by atoms with van der Waals surface area (Å²) < 4.78 is 13.7. The summed E-state index contributed by atoms with van der Waals surface area (Å²) in [5.41, 5.74) is 0.610. The van der Waals surface area contributed by atoms with Crippen LogP contribution in [-0.2, 0) is 11.3 Å². The number of amides is 1. The third kappa shape index (κ3) is 5.29. The standard InChI is InChI=1S/C18H27FN2O2/c1-20(13-15-7-2-3-10-17(15)19)14-18(23)21-11-5-4-8-16(21)9-6-12-22/h2-3,7,10,16,22H,4-6,8-9,11-14H2,1H3/t16-/m0/s1. The zero-order chi connectivity index (χ0) is 16.7. The molecule has 1 aromatic rings. The molecule has 0 unspecified atom stereocenters. The Bertz CT molecular complexity index is 510. The number of carbonyl (C=O) groups is 1. The van der Waals surface area contributed by atoms with E-state index in [2.05, 4.69) is 0 Å². The van der Waals surface area contributed by atoms with E-state index in [1.807, 2.05) is 22.9 Å². The van der Waals surface area contributed by atoms with Crippen molar-refractivity contribution >= 4 is 5.91 Å². The van der Waals surface area contributed by atoms with Crippen LogP contribution in [0.1, 0.15) is 37.7 Å². The molecule has 1 atom stereocenters. The van der Waals surface area contributed by atoms with Gasteiger partial charge in [0.15, 0.2) is 0 Å². The summed E-state index contributed by atoms with van der Waals surface area (Å²) in [6, 6.07) is 6.92. The van der Waals surface area contributed by atoms with Gasteiger partial charge < -0.3 is 10.0 Å². The van der Waals surface area contributed by atoms with Gasteiger partial charge in [-0.3, -0.25) is 9.69 Å². The first-order chi connectivity index (χ1) is 11.1. The molecule has 0 radical (unpaired) electrons. The topological polar surface area (TPSA) is 43.8 Å². The zero-order valence-electron chi connectivity index (χ0n) is 13.9. The molecule has 1 aliphatic heterocycles. The van der Waals surface area contributed by atoms with Crippen molar-refractivity contribution in [2.24, 2.45) is 0 Å². The molecular formula is C18H27FN2O2. The number of aliphatic hydroxyl groups is 1. The molecule has 4 nitrogen and oxygen atoms in total. The van der Waals surface area contributed by atoms with E-state index >= 15 is 0 Å². The van der Waals surface area contributed by atoms with Gasteiger partial charge in [0.2, 0.25) is 5.91 Å². The second kappa shape index (κ2) is 8.99. The number of rotatable bonds is 7. The lowest BCUT2D eigenvalue weighted by Gasteiger charge is -2.37. The second-order valence-corrected chi connectivity index (χ2v) is 6.37. The van der Waals surface area contributed by atoms with Crippen LogP contribution in [0.15, 0.2) is 24.3 Å². The van der Waals surface area contributed by atoms with E-state index in [1.165, 1.54) is 6.07 Å². The van der Waals surface area contributed by atoms with E-state index in [0.29, 0.717) is 18.7 Å². The zero-order valence-corrected chi connectivity index (χ0v) is 13.9. The van der Waals surface area contributed by atoms with Crippen molar-refractivity contribution in [2.45, 2.75) is 44.7 Å². The fourth-order valence-electron chi connectivity index (χ4n) is 3.25. The monoisotopic (exact) mass is 322 g/mol. The van der Waals surface area contributed by atoms with Crippen LogP contribution in [0.5, 0.6) is 0 Å². The lowest BCUT2D eigenvalue weighted by Crippen LogP contribution is -2.47. The van der Waals surface area contributed by atoms with Crippen LogP contribution in [0.4, 0.5) is 4.39 Å². The van der Waals surface area contributed by atoms with Crippen molar-refractivity contribution in [3.05, 3.63) is 35.6 Å². The normalized spacial score (nSPS) is 18.4. The summed E-state index contributed by atoms with van der Waals surface area (Å²) in [6.07, 6.45) is 4.80. The summed E-state index contributed by atoms with van der Waals surface area (Å²) >= 11 is 0. The Balaban J connectivity index is 1.90. The van der Waals surface area contributed by atoms with Crippen LogP contribution in [-0.4, -0.2) is 53.6 Å². The summed E-state index contributed by atoms with van der Waals surface area (Å²) in [7, 11) is 1.84. The molecule has 1 heterocycles. The molecule has 2 rings (SSSR count). The predicted octanol–water partition coefficient (Wildman–Crippen LogP) is 2.41. The van der Waals surface area contributed by atoms with Crippen LogP contribution < -0.4 is 0 Å². The molecule has 1 aliphatic rings. The largest absolute Gasteiger partial charge is 0.396 e. The minimum absolute atomic E-state index is 0.103. The smallest absolute Gasteiger partial charge is 0.236 e. The highest BCUT2D eigenvalue weighted by atomic mass is 19.1. The highest BCUT2D eigenvalue weighted by Crippen LogP contribution is 2.21. The SMILES string of the molecule is CN(CC(=O)N1CCCC[C@H]1CCCO)Cc1ccccc1F. The van der Waals surface area contributed by atoms with Crippen molar-refractivity contribution in [1.29, 1.82) is 0 Å². The summed E-state index contributed by atoms with van der Waals surface area (Å²) in [5.74, 6) is -0.128. The number of nitrogens with zero attached hydrogens (tertiary/aromatic N) is 2. The lowest BCUT2D eigenvalue weighted by molar-refractivity contribution is -0.136. The molecule has 0 aliphatic carbocycles. The average Bonchev–Trinajstić information content (AvgIpc) is 2.55. The van der Waals surface area contributed by atoms with E-state index in [0.717, 1.165) is 38.6 Å². The second-order valence-electron chi connectivity index (χ2n) is 6.37. The van der Waals surface area contributed by atoms with Gasteiger partial charge in [-0.2, -0.15) is 0 Å². The Morgan fingerprint density at radius 3 is 2.91 bits per heavy atom. The molecule has 0 saturated carbocycles. The molecule has 23 heavy (non-hydrogen) atoms. The Labute approximate surface area is 137 Å².